The van der Waals surface area contributed by atoms with Crippen LogP contribution in [0.25, 0.3) is 0 Å². The van der Waals surface area contributed by atoms with E-state index < -0.39 is 0 Å². The molecule has 1 heterocycles. The van der Waals surface area contributed by atoms with Gasteiger partial charge in [-0.05, 0) is 36.8 Å². The minimum atomic E-state index is 0.662. The Morgan fingerprint density at radius 1 is 1.00 bits per heavy atom. The number of hydrogen-bond donors (Lipinski definition) is 1. The van der Waals surface area contributed by atoms with Crippen LogP contribution in [0.3, 0.4) is 0 Å². The van der Waals surface area contributed by atoms with Gasteiger partial charge in [-0.3, -0.25) is 0 Å². The smallest absolute Gasteiger partial charge is 0.135 e. The molecule has 0 aliphatic carbocycles. The number of nitrogens with one attached hydrogen (secondary N) is 1. The van der Waals surface area contributed by atoms with Gasteiger partial charge in [-0.2, -0.15) is 0 Å². The molecule has 1 N–H and O–H groups in total. The van der Waals surface area contributed by atoms with Crippen molar-refractivity contribution in [2.24, 2.45) is 0 Å². The van der Waals surface area contributed by atoms with Crippen LogP contribution in [0.2, 0.25) is 0 Å². The summed E-state index contributed by atoms with van der Waals surface area (Å²) in [6, 6.07) is 20.1. The predicted molar refractivity (Wildman–Crippen MR) is 101 cm³/mol. The molecule has 0 fully saturated rings. The molecule has 2 aromatic carbocycles. The van der Waals surface area contributed by atoms with Gasteiger partial charge in [0.05, 0.1) is 6.61 Å². The molecule has 0 spiro atoms. The van der Waals surface area contributed by atoms with Crippen LogP contribution in [-0.2, 0) is 6.54 Å². The number of anilines is 3. The Morgan fingerprint density at radius 2 is 1.76 bits per heavy atom. The number of rotatable bonds is 7. The van der Waals surface area contributed by atoms with Crippen molar-refractivity contribution in [1.29, 1.82) is 0 Å². The molecular formula is C20H22N4O. The summed E-state index contributed by atoms with van der Waals surface area (Å²) in [4.78, 5) is 10.8. The molecule has 0 amide bonds. The van der Waals surface area contributed by atoms with Crippen LogP contribution in [0, 0.1) is 0 Å². The summed E-state index contributed by atoms with van der Waals surface area (Å²) >= 11 is 0. The van der Waals surface area contributed by atoms with Gasteiger partial charge < -0.3 is 15.0 Å². The third-order valence-corrected chi connectivity index (χ3v) is 3.74. The Balaban J connectivity index is 1.68. The highest BCUT2D eigenvalue weighted by molar-refractivity contribution is 5.60. The minimum absolute atomic E-state index is 0.662. The van der Waals surface area contributed by atoms with Crippen molar-refractivity contribution < 1.29 is 4.74 Å². The van der Waals surface area contributed by atoms with Crippen LogP contribution < -0.4 is 15.0 Å². The molecule has 0 aliphatic rings. The summed E-state index contributed by atoms with van der Waals surface area (Å²) in [5, 5.41) is 3.30. The first-order chi connectivity index (χ1) is 12.2. The Labute approximate surface area is 148 Å². The van der Waals surface area contributed by atoms with Crippen LogP contribution in [0.1, 0.15) is 12.5 Å². The monoisotopic (exact) mass is 334 g/mol. The van der Waals surface area contributed by atoms with Crippen molar-refractivity contribution in [3.05, 3.63) is 72.6 Å². The fourth-order valence-electron chi connectivity index (χ4n) is 2.51. The van der Waals surface area contributed by atoms with Crippen molar-refractivity contribution >= 4 is 17.3 Å². The van der Waals surface area contributed by atoms with Gasteiger partial charge in [0.2, 0.25) is 0 Å². The normalized spacial score (nSPS) is 10.3. The first kappa shape index (κ1) is 16.8. The summed E-state index contributed by atoms with van der Waals surface area (Å²) < 4.78 is 5.46. The molecule has 0 aliphatic heterocycles. The maximum absolute atomic E-state index is 5.46. The predicted octanol–water partition coefficient (Wildman–Crippen LogP) is 4.26. The summed E-state index contributed by atoms with van der Waals surface area (Å²) in [7, 11) is 2.02. The van der Waals surface area contributed by atoms with E-state index in [-0.39, 0.29) is 0 Å². The fraction of sp³-hybridized carbons (Fsp3) is 0.200. The largest absolute Gasteiger partial charge is 0.494 e. The number of ether oxygens (including phenoxy) is 1. The highest BCUT2D eigenvalue weighted by atomic mass is 16.5. The van der Waals surface area contributed by atoms with Crippen LogP contribution >= 0.6 is 0 Å². The van der Waals surface area contributed by atoms with Crippen molar-refractivity contribution in [3.63, 3.8) is 0 Å². The second kappa shape index (κ2) is 8.15. The number of aromatic nitrogens is 2. The molecule has 5 nitrogen and oxygen atoms in total. The van der Waals surface area contributed by atoms with Crippen molar-refractivity contribution in [2.45, 2.75) is 13.5 Å². The maximum Gasteiger partial charge on any atom is 0.135 e. The Bertz CT molecular complexity index is 790. The first-order valence-electron chi connectivity index (χ1n) is 8.31. The fourth-order valence-corrected chi connectivity index (χ4v) is 2.51. The third-order valence-electron chi connectivity index (χ3n) is 3.74. The molecule has 3 rings (SSSR count). The van der Waals surface area contributed by atoms with E-state index in [9.17, 15) is 0 Å². The van der Waals surface area contributed by atoms with E-state index in [1.807, 2.05) is 62.5 Å². The Morgan fingerprint density at radius 3 is 2.48 bits per heavy atom. The average Bonchev–Trinajstić information content (AvgIpc) is 2.65. The van der Waals surface area contributed by atoms with Crippen LogP contribution in [0.15, 0.2) is 67.0 Å². The van der Waals surface area contributed by atoms with Crippen LogP contribution in [0.5, 0.6) is 5.75 Å². The van der Waals surface area contributed by atoms with Gasteiger partial charge in [0.25, 0.3) is 0 Å². The molecule has 3 aromatic rings. The van der Waals surface area contributed by atoms with Crippen molar-refractivity contribution in [2.75, 3.05) is 23.9 Å². The van der Waals surface area contributed by atoms with Gasteiger partial charge in [-0.25, -0.2) is 9.97 Å². The van der Waals surface area contributed by atoms with E-state index in [1.54, 1.807) is 6.33 Å². The Kier molecular flexibility index (Phi) is 5.46. The van der Waals surface area contributed by atoms with Gasteiger partial charge in [-0.15, -0.1) is 0 Å². The van der Waals surface area contributed by atoms with E-state index >= 15 is 0 Å². The second-order valence-electron chi connectivity index (χ2n) is 5.69. The third kappa shape index (κ3) is 4.70. The number of hydrogen-bond acceptors (Lipinski definition) is 5. The molecule has 0 saturated carbocycles. The van der Waals surface area contributed by atoms with Crippen LogP contribution in [-0.4, -0.2) is 23.6 Å². The second-order valence-corrected chi connectivity index (χ2v) is 5.69. The van der Waals surface area contributed by atoms with Crippen molar-refractivity contribution in [3.8, 4) is 5.75 Å². The first-order valence-corrected chi connectivity index (χ1v) is 8.31. The molecule has 128 valence electrons. The molecule has 5 heteroatoms. The summed E-state index contributed by atoms with van der Waals surface area (Å²) in [6.07, 6.45) is 1.58. The lowest BCUT2D eigenvalue weighted by molar-refractivity contribution is 0.340. The van der Waals surface area contributed by atoms with Crippen LogP contribution in [0.4, 0.5) is 17.3 Å². The lowest BCUT2D eigenvalue weighted by atomic mass is 10.2. The molecule has 25 heavy (non-hydrogen) atoms. The van der Waals surface area contributed by atoms with E-state index in [0.29, 0.717) is 6.61 Å². The standard InChI is InChI=1S/C20H22N4O/c1-3-25-18-11-9-17(10-12-18)23-19-13-20(22-15-21-19)24(2)14-16-7-5-4-6-8-16/h4-13,15H,3,14H2,1-2H3,(H,21,22,23). The van der Waals surface area contributed by atoms with Gasteiger partial charge in [0, 0.05) is 25.3 Å². The molecular weight excluding hydrogens is 312 g/mol. The molecule has 0 saturated heterocycles. The summed E-state index contributed by atoms with van der Waals surface area (Å²) in [6.45, 7) is 3.43. The zero-order valence-corrected chi connectivity index (χ0v) is 14.5. The lowest BCUT2D eigenvalue weighted by Crippen LogP contribution is -2.17. The zero-order valence-electron chi connectivity index (χ0n) is 14.5. The highest BCUT2D eigenvalue weighted by Crippen LogP contribution is 2.21. The quantitative estimate of drug-likeness (QED) is 0.700. The van der Waals surface area contributed by atoms with E-state index in [2.05, 4.69) is 32.3 Å². The number of nitrogens with zero attached hydrogens (tertiary/aromatic N) is 3. The molecule has 1 aromatic heterocycles. The molecule has 0 atom stereocenters. The van der Waals surface area contributed by atoms with Gasteiger partial charge >= 0.3 is 0 Å². The highest BCUT2D eigenvalue weighted by Gasteiger charge is 2.06. The summed E-state index contributed by atoms with van der Waals surface area (Å²) in [5.74, 6) is 2.49. The maximum atomic E-state index is 5.46. The van der Waals surface area contributed by atoms with Crippen molar-refractivity contribution in [1.82, 2.24) is 9.97 Å². The lowest BCUT2D eigenvalue weighted by Gasteiger charge is -2.18. The number of benzene rings is 2. The zero-order chi connectivity index (χ0) is 17.5. The van der Waals surface area contributed by atoms with Gasteiger partial charge in [0.15, 0.2) is 0 Å². The summed E-state index contributed by atoms with van der Waals surface area (Å²) in [5.41, 5.74) is 2.20. The average molecular weight is 334 g/mol. The Hall–Kier alpha value is -3.08. The van der Waals surface area contributed by atoms with E-state index in [0.717, 1.165) is 29.6 Å². The van der Waals surface area contributed by atoms with Gasteiger partial charge in [-0.1, -0.05) is 30.3 Å². The van der Waals surface area contributed by atoms with E-state index in [4.69, 9.17) is 4.74 Å². The topological polar surface area (TPSA) is 50.3 Å². The molecule has 0 bridgehead atoms. The minimum Gasteiger partial charge on any atom is -0.494 e. The SMILES string of the molecule is CCOc1ccc(Nc2cc(N(C)Cc3ccccc3)ncn2)cc1. The molecule has 0 unspecified atom stereocenters. The molecule has 0 radical (unpaired) electrons. The van der Waals surface area contributed by atoms with Gasteiger partial charge in [0.1, 0.15) is 23.7 Å². The van der Waals surface area contributed by atoms with E-state index in [1.165, 1.54) is 5.56 Å².